The molecule has 86 valence electrons. The Morgan fingerprint density at radius 3 is 2.56 bits per heavy atom. The van der Waals surface area contributed by atoms with Crippen molar-refractivity contribution in [3.8, 4) is 0 Å². The van der Waals surface area contributed by atoms with Crippen molar-refractivity contribution in [1.82, 2.24) is 0 Å². The summed E-state index contributed by atoms with van der Waals surface area (Å²) in [6, 6.07) is 7.11. The molecule has 0 unspecified atom stereocenters. The third-order valence-corrected chi connectivity index (χ3v) is 2.10. The zero-order valence-electron chi connectivity index (χ0n) is 9.14. The van der Waals surface area contributed by atoms with Gasteiger partial charge in [-0.25, -0.2) is 4.79 Å². The highest BCUT2D eigenvalue weighted by atomic mass is 16.5. The topological polar surface area (TPSA) is 52.6 Å². The predicted molar refractivity (Wildman–Crippen MR) is 58.4 cm³/mol. The number of methoxy groups -OCH3 is 1. The van der Waals surface area contributed by atoms with Crippen molar-refractivity contribution in [2.45, 2.75) is 6.42 Å². The van der Waals surface area contributed by atoms with E-state index in [1.165, 1.54) is 7.11 Å². The van der Waals surface area contributed by atoms with Crippen LogP contribution in [0.15, 0.2) is 24.3 Å². The molecule has 0 bridgehead atoms. The molecular weight excluding hydrogens is 208 g/mol. The lowest BCUT2D eigenvalue weighted by Gasteiger charge is -2.03. The van der Waals surface area contributed by atoms with Gasteiger partial charge in [-0.15, -0.1) is 0 Å². The van der Waals surface area contributed by atoms with Gasteiger partial charge in [0.2, 0.25) is 0 Å². The van der Waals surface area contributed by atoms with Crippen molar-refractivity contribution in [2.24, 2.45) is 0 Å². The normalized spacial score (nSPS) is 9.81. The van der Waals surface area contributed by atoms with E-state index in [9.17, 15) is 9.59 Å². The first-order valence-electron chi connectivity index (χ1n) is 4.96. The zero-order valence-corrected chi connectivity index (χ0v) is 9.14. The Morgan fingerprint density at radius 1 is 1.31 bits per heavy atom. The van der Waals surface area contributed by atoms with E-state index in [0.717, 1.165) is 18.3 Å². The number of hydrogen-bond acceptors (Lipinski definition) is 4. The standard InChI is InChI=1S/C12H14O4/c1-15-12(14)11-4-2-10(3-5-11)6-8-16-9-7-13/h2-5,7H,6,8-9H2,1H3. The lowest BCUT2D eigenvalue weighted by atomic mass is 10.1. The molecular formula is C12H14O4. The van der Waals surface area contributed by atoms with Gasteiger partial charge in [-0.2, -0.15) is 0 Å². The number of benzene rings is 1. The van der Waals surface area contributed by atoms with E-state index < -0.39 is 0 Å². The molecule has 1 aromatic rings. The van der Waals surface area contributed by atoms with E-state index in [4.69, 9.17) is 4.74 Å². The highest BCUT2D eigenvalue weighted by Crippen LogP contribution is 2.06. The second kappa shape index (κ2) is 6.74. The molecule has 0 atom stereocenters. The van der Waals surface area contributed by atoms with Crippen LogP contribution >= 0.6 is 0 Å². The van der Waals surface area contributed by atoms with E-state index in [0.29, 0.717) is 12.2 Å². The molecule has 0 radical (unpaired) electrons. The Kier molecular flexibility index (Phi) is 5.22. The van der Waals surface area contributed by atoms with Gasteiger partial charge >= 0.3 is 5.97 Å². The van der Waals surface area contributed by atoms with Crippen molar-refractivity contribution in [3.05, 3.63) is 35.4 Å². The summed E-state index contributed by atoms with van der Waals surface area (Å²) in [4.78, 5) is 21.1. The van der Waals surface area contributed by atoms with E-state index in [2.05, 4.69) is 4.74 Å². The highest BCUT2D eigenvalue weighted by molar-refractivity contribution is 5.89. The number of hydrogen-bond donors (Lipinski definition) is 0. The van der Waals surface area contributed by atoms with Crippen molar-refractivity contribution < 1.29 is 19.1 Å². The van der Waals surface area contributed by atoms with Gasteiger partial charge in [0.1, 0.15) is 12.9 Å². The molecule has 1 rings (SSSR count). The third-order valence-electron chi connectivity index (χ3n) is 2.10. The van der Waals surface area contributed by atoms with Gasteiger partial charge in [0, 0.05) is 0 Å². The minimum Gasteiger partial charge on any atom is -0.465 e. The van der Waals surface area contributed by atoms with Crippen LogP contribution in [0, 0.1) is 0 Å². The van der Waals surface area contributed by atoms with Crippen LogP contribution in [0.25, 0.3) is 0 Å². The average molecular weight is 222 g/mol. The minimum atomic E-state index is -0.344. The van der Waals surface area contributed by atoms with Crippen molar-refractivity contribution in [3.63, 3.8) is 0 Å². The van der Waals surface area contributed by atoms with Gasteiger partial charge < -0.3 is 14.3 Å². The van der Waals surface area contributed by atoms with Gasteiger partial charge in [-0.05, 0) is 24.1 Å². The lowest BCUT2D eigenvalue weighted by Crippen LogP contribution is -2.03. The number of ether oxygens (including phenoxy) is 2. The monoisotopic (exact) mass is 222 g/mol. The first kappa shape index (κ1) is 12.4. The maximum Gasteiger partial charge on any atom is 0.337 e. The van der Waals surface area contributed by atoms with Crippen LogP contribution in [0.1, 0.15) is 15.9 Å². The number of carbonyl (C=O) groups excluding carboxylic acids is 2. The summed E-state index contributed by atoms with van der Waals surface area (Å²) >= 11 is 0. The fraction of sp³-hybridized carbons (Fsp3) is 0.333. The highest BCUT2D eigenvalue weighted by Gasteiger charge is 2.03. The maximum absolute atomic E-state index is 11.1. The van der Waals surface area contributed by atoms with Crippen molar-refractivity contribution >= 4 is 12.3 Å². The maximum atomic E-state index is 11.1. The number of carbonyl (C=O) groups is 2. The van der Waals surface area contributed by atoms with Gasteiger partial charge in [0.15, 0.2) is 0 Å². The smallest absolute Gasteiger partial charge is 0.337 e. The molecule has 4 heteroatoms. The molecule has 0 fully saturated rings. The molecule has 16 heavy (non-hydrogen) atoms. The fourth-order valence-corrected chi connectivity index (χ4v) is 1.25. The second-order valence-electron chi connectivity index (χ2n) is 3.18. The first-order chi connectivity index (χ1) is 7.77. The van der Waals surface area contributed by atoms with Crippen LogP contribution < -0.4 is 0 Å². The second-order valence-corrected chi connectivity index (χ2v) is 3.18. The van der Waals surface area contributed by atoms with Gasteiger partial charge in [0.25, 0.3) is 0 Å². The van der Waals surface area contributed by atoms with Gasteiger partial charge in [0.05, 0.1) is 19.3 Å². The first-order valence-corrected chi connectivity index (χ1v) is 4.96. The average Bonchev–Trinajstić information content (AvgIpc) is 2.34. The number of aldehydes is 1. The van der Waals surface area contributed by atoms with E-state index in [1.54, 1.807) is 12.1 Å². The molecule has 4 nitrogen and oxygen atoms in total. The van der Waals surface area contributed by atoms with Gasteiger partial charge in [-0.1, -0.05) is 12.1 Å². The Hall–Kier alpha value is -1.68. The fourth-order valence-electron chi connectivity index (χ4n) is 1.25. The molecule has 0 saturated carbocycles. The van der Waals surface area contributed by atoms with E-state index in [1.807, 2.05) is 12.1 Å². The molecule has 0 aliphatic carbocycles. The van der Waals surface area contributed by atoms with Crippen molar-refractivity contribution in [2.75, 3.05) is 20.3 Å². The Morgan fingerprint density at radius 2 is 2.00 bits per heavy atom. The predicted octanol–water partition coefficient (Wildman–Crippen LogP) is 1.23. The SMILES string of the molecule is COC(=O)c1ccc(CCOCC=O)cc1. The summed E-state index contributed by atoms with van der Waals surface area (Å²) in [5.74, 6) is -0.344. The molecule has 0 spiro atoms. The summed E-state index contributed by atoms with van der Waals surface area (Å²) in [6.45, 7) is 0.622. The number of rotatable bonds is 6. The Balaban J connectivity index is 2.45. The van der Waals surface area contributed by atoms with Crippen LogP contribution in [0.3, 0.4) is 0 Å². The van der Waals surface area contributed by atoms with E-state index in [-0.39, 0.29) is 12.6 Å². The molecule has 0 heterocycles. The van der Waals surface area contributed by atoms with Crippen LogP contribution in [-0.2, 0) is 20.7 Å². The quantitative estimate of drug-likeness (QED) is 0.412. The van der Waals surface area contributed by atoms with Crippen LogP contribution in [0.5, 0.6) is 0 Å². The summed E-state index contributed by atoms with van der Waals surface area (Å²) < 4.78 is 9.61. The van der Waals surface area contributed by atoms with Crippen LogP contribution in [0.2, 0.25) is 0 Å². The third kappa shape index (κ3) is 3.82. The Bertz CT molecular complexity index is 343. The summed E-state index contributed by atoms with van der Waals surface area (Å²) in [7, 11) is 1.35. The van der Waals surface area contributed by atoms with Crippen molar-refractivity contribution in [1.29, 1.82) is 0 Å². The van der Waals surface area contributed by atoms with E-state index >= 15 is 0 Å². The molecule has 0 aliphatic rings. The molecule has 0 saturated heterocycles. The Labute approximate surface area is 94.2 Å². The molecule has 0 amide bonds. The molecule has 0 N–H and O–H groups in total. The summed E-state index contributed by atoms with van der Waals surface area (Å²) in [6.07, 6.45) is 1.44. The van der Waals surface area contributed by atoms with Gasteiger partial charge in [-0.3, -0.25) is 0 Å². The van der Waals surface area contributed by atoms with Crippen LogP contribution in [0.4, 0.5) is 0 Å². The summed E-state index contributed by atoms with van der Waals surface area (Å²) in [5.41, 5.74) is 1.58. The van der Waals surface area contributed by atoms with Crippen LogP contribution in [-0.4, -0.2) is 32.6 Å². The molecule has 0 aliphatic heterocycles. The molecule has 1 aromatic carbocycles. The lowest BCUT2D eigenvalue weighted by molar-refractivity contribution is -0.111. The summed E-state index contributed by atoms with van der Waals surface area (Å²) in [5, 5.41) is 0. The minimum absolute atomic E-state index is 0.125. The number of esters is 1. The zero-order chi connectivity index (χ0) is 11.8. The largest absolute Gasteiger partial charge is 0.465 e. The molecule has 0 aromatic heterocycles.